The van der Waals surface area contributed by atoms with E-state index < -0.39 is 72.1 Å². The minimum atomic E-state index is -7.50. The summed E-state index contributed by atoms with van der Waals surface area (Å²) in [6.07, 6.45) is -22.3. The third-order valence-corrected chi connectivity index (χ3v) is 5.27. The van der Waals surface area contributed by atoms with E-state index in [1.165, 1.54) is 0 Å². The van der Waals surface area contributed by atoms with Crippen LogP contribution in [0.2, 0.25) is 0 Å². The Morgan fingerprint density at radius 3 is 1.53 bits per heavy atom. The summed E-state index contributed by atoms with van der Waals surface area (Å²) >= 11 is 0. The van der Waals surface area contributed by atoms with Crippen molar-refractivity contribution in [2.45, 2.75) is 81.5 Å². The fourth-order valence-electron chi connectivity index (χ4n) is 2.63. The molecule has 1 heterocycles. The van der Waals surface area contributed by atoms with Gasteiger partial charge in [0.25, 0.3) is 0 Å². The zero-order valence-corrected chi connectivity index (χ0v) is 16.3. The summed E-state index contributed by atoms with van der Waals surface area (Å²) in [4.78, 5) is 12.0. The van der Waals surface area contributed by atoms with E-state index in [1.807, 2.05) is 0 Å². The Bertz CT molecular complexity index is 714. The summed E-state index contributed by atoms with van der Waals surface area (Å²) in [6, 6.07) is 0. The number of aliphatic hydroxyl groups is 1. The molecule has 1 aliphatic rings. The maximum Gasteiger partial charge on any atom is 0.449 e. The Labute approximate surface area is 170 Å². The number of hydrogen-bond donors (Lipinski definition) is 1. The molecule has 0 aromatic carbocycles. The fourth-order valence-corrected chi connectivity index (χ4v) is 2.63. The zero-order valence-electron chi connectivity index (χ0n) is 16.3. The molecular weight excluding hydrogens is 491 g/mol. The van der Waals surface area contributed by atoms with Crippen LogP contribution < -0.4 is 0 Å². The van der Waals surface area contributed by atoms with Crippen LogP contribution >= 0.6 is 0 Å². The highest BCUT2D eigenvalue weighted by Crippen LogP contribution is 2.69. The van der Waals surface area contributed by atoms with Gasteiger partial charge >= 0.3 is 47.7 Å². The number of carbonyl (C=O) groups is 1. The summed E-state index contributed by atoms with van der Waals surface area (Å²) < 4.78 is 186. The summed E-state index contributed by atoms with van der Waals surface area (Å²) in [6.45, 7) is 1.13. The van der Waals surface area contributed by atoms with Crippen LogP contribution in [0, 0.1) is 5.41 Å². The lowest BCUT2D eigenvalue weighted by Crippen LogP contribution is -2.90. The lowest BCUT2D eigenvalue weighted by Gasteiger charge is -2.59. The standard InChI is InChI=1S/C15H15F13O4/c1-5-7(2,3)6(29)31-9(14(23,24)25)10(16,17)8(4,13(20,21)22)32-12(30,11(9,18)19)15(26,27)28/h30H,5H2,1-4H3. The van der Waals surface area contributed by atoms with Crippen molar-refractivity contribution < 1.29 is 76.5 Å². The van der Waals surface area contributed by atoms with Crippen molar-refractivity contribution in [2.24, 2.45) is 5.41 Å². The molecule has 3 unspecified atom stereocenters. The van der Waals surface area contributed by atoms with E-state index in [0.717, 1.165) is 6.92 Å². The number of carbonyl (C=O) groups excluding carboxylic acids is 1. The van der Waals surface area contributed by atoms with Gasteiger partial charge in [0.2, 0.25) is 5.60 Å². The molecule has 190 valence electrons. The molecule has 0 radical (unpaired) electrons. The number of esters is 1. The number of alkyl halides is 13. The molecule has 1 fully saturated rings. The molecule has 1 aliphatic heterocycles. The lowest BCUT2D eigenvalue weighted by molar-refractivity contribution is -0.576. The fraction of sp³-hybridized carbons (Fsp3) is 0.933. The van der Waals surface area contributed by atoms with Crippen LogP contribution in [0.25, 0.3) is 0 Å². The van der Waals surface area contributed by atoms with Gasteiger partial charge in [-0.3, -0.25) is 4.79 Å². The molecule has 0 aromatic rings. The minimum absolute atomic E-state index is 0.631. The van der Waals surface area contributed by atoms with Crippen LogP contribution in [0.4, 0.5) is 57.1 Å². The second-order valence-corrected chi connectivity index (χ2v) is 7.73. The van der Waals surface area contributed by atoms with Gasteiger partial charge in [-0.1, -0.05) is 6.92 Å². The van der Waals surface area contributed by atoms with Gasteiger partial charge < -0.3 is 14.6 Å². The van der Waals surface area contributed by atoms with Gasteiger partial charge in [-0.25, -0.2) is 0 Å². The van der Waals surface area contributed by atoms with Crippen LogP contribution in [-0.4, -0.2) is 58.4 Å². The van der Waals surface area contributed by atoms with Crippen LogP contribution in [0.3, 0.4) is 0 Å². The molecule has 1 N–H and O–H groups in total. The largest absolute Gasteiger partial charge is 0.449 e. The number of rotatable bonds is 3. The van der Waals surface area contributed by atoms with Gasteiger partial charge in [-0.05, 0) is 27.2 Å². The summed E-state index contributed by atoms with van der Waals surface area (Å²) in [5.74, 6) is -24.1. The highest BCUT2D eigenvalue weighted by molar-refractivity contribution is 5.76. The maximum atomic E-state index is 14.8. The van der Waals surface area contributed by atoms with E-state index in [0.29, 0.717) is 13.8 Å². The lowest BCUT2D eigenvalue weighted by atomic mass is 9.71. The average molecular weight is 506 g/mol. The number of ether oxygens (including phenoxy) is 2. The van der Waals surface area contributed by atoms with E-state index in [2.05, 4.69) is 9.47 Å². The Morgan fingerprint density at radius 1 is 0.844 bits per heavy atom. The number of hydrogen-bond acceptors (Lipinski definition) is 4. The molecule has 4 nitrogen and oxygen atoms in total. The predicted molar refractivity (Wildman–Crippen MR) is 75.4 cm³/mol. The molecule has 1 saturated heterocycles. The first-order chi connectivity index (χ1) is 13.6. The molecule has 3 atom stereocenters. The summed E-state index contributed by atoms with van der Waals surface area (Å²) in [5.41, 5.74) is -15.6. The van der Waals surface area contributed by atoms with Crippen molar-refractivity contribution in [3.63, 3.8) is 0 Å². The van der Waals surface area contributed by atoms with Crippen molar-refractivity contribution in [2.75, 3.05) is 0 Å². The molecular formula is C15H15F13O4. The van der Waals surface area contributed by atoms with E-state index in [4.69, 9.17) is 0 Å². The van der Waals surface area contributed by atoms with Crippen LogP contribution in [0.5, 0.6) is 0 Å². The summed E-state index contributed by atoms with van der Waals surface area (Å²) in [7, 11) is 0. The molecule has 1 rings (SSSR count). The Balaban J connectivity index is 4.28. The smallest absolute Gasteiger partial charge is 0.436 e. The molecule has 0 saturated carbocycles. The molecule has 0 spiro atoms. The van der Waals surface area contributed by atoms with Crippen molar-refractivity contribution in [1.29, 1.82) is 0 Å². The Kier molecular flexibility index (Phi) is 6.23. The van der Waals surface area contributed by atoms with Crippen LogP contribution in [0.1, 0.15) is 34.1 Å². The average Bonchev–Trinajstić information content (AvgIpc) is 2.53. The van der Waals surface area contributed by atoms with E-state index in [-0.39, 0.29) is 0 Å². The molecule has 0 aromatic heterocycles. The summed E-state index contributed by atoms with van der Waals surface area (Å²) in [5, 5.41) is 9.32. The molecule has 32 heavy (non-hydrogen) atoms. The topological polar surface area (TPSA) is 55.8 Å². The zero-order chi connectivity index (χ0) is 26.2. The van der Waals surface area contributed by atoms with Crippen molar-refractivity contribution in [3.8, 4) is 0 Å². The first-order valence-corrected chi connectivity index (χ1v) is 8.26. The maximum absolute atomic E-state index is 14.8. The molecule has 0 amide bonds. The highest BCUT2D eigenvalue weighted by atomic mass is 19.4. The second-order valence-electron chi connectivity index (χ2n) is 7.73. The van der Waals surface area contributed by atoms with Gasteiger partial charge in [0.05, 0.1) is 5.41 Å². The SMILES string of the molecule is CCC(C)(C)C(=O)OC1(C(F)(F)F)C(F)(F)C(C)(C(F)(F)F)OC(O)(C(F)(F)F)C1(F)F. The third-order valence-electron chi connectivity index (χ3n) is 5.27. The predicted octanol–water partition coefficient (Wildman–Crippen LogP) is 5.14. The van der Waals surface area contributed by atoms with E-state index in [9.17, 15) is 67.0 Å². The first-order valence-electron chi connectivity index (χ1n) is 8.26. The Morgan fingerprint density at radius 2 is 1.25 bits per heavy atom. The molecule has 0 bridgehead atoms. The van der Waals surface area contributed by atoms with Crippen molar-refractivity contribution >= 4 is 5.97 Å². The van der Waals surface area contributed by atoms with Crippen molar-refractivity contribution in [1.82, 2.24) is 0 Å². The van der Waals surface area contributed by atoms with Crippen molar-refractivity contribution in [3.05, 3.63) is 0 Å². The van der Waals surface area contributed by atoms with Crippen LogP contribution in [-0.2, 0) is 14.3 Å². The third kappa shape index (κ3) is 3.24. The molecule has 17 heteroatoms. The van der Waals surface area contributed by atoms with E-state index >= 15 is 0 Å². The monoisotopic (exact) mass is 506 g/mol. The second kappa shape index (κ2) is 6.99. The highest BCUT2D eigenvalue weighted by Gasteiger charge is 3.02. The molecule has 0 aliphatic carbocycles. The first kappa shape index (κ1) is 28.5. The van der Waals surface area contributed by atoms with Gasteiger partial charge in [0, 0.05) is 0 Å². The van der Waals surface area contributed by atoms with Gasteiger partial charge in [0.15, 0.2) is 0 Å². The van der Waals surface area contributed by atoms with Gasteiger partial charge in [0.1, 0.15) is 0 Å². The number of halogens is 13. The normalized spacial score (nSPS) is 33.7. The quantitative estimate of drug-likeness (QED) is 0.426. The minimum Gasteiger partial charge on any atom is -0.436 e. The van der Waals surface area contributed by atoms with Gasteiger partial charge in [-0.15, -0.1) is 0 Å². The Hall–Kier alpha value is -1.52. The van der Waals surface area contributed by atoms with Gasteiger partial charge in [-0.2, -0.15) is 57.1 Å². The van der Waals surface area contributed by atoms with E-state index in [1.54, 1.807) is 0 Å². The van der Waals surface area contributed by atoms with Crippen LogP contribution in [0.15, 0.2) is 0 Å².